The van der Waals surface area contributed by atoms with E-state index in [4.69, 9.17) is 28.4 Å². The lowest BCUT2D eigenvalue weighted by Crippen LogP contribution is -2.71. The van der Waals surface area contributed by atoms with Crippen molar-refractivity contribution in [1.29, 1.82) is 0 Å². The molecular formula is C38H41NO9. The maximum Gasteiger partial charge on any atom is 0.305 e. The quantitative estimate of drug-likeness (QED) is 0.0736. The number of ether oxygens (including phenoxy) is 6. The normalized spacial score (nSPS) is 22.2. The molecule has 0 spiro atoms. The average Bonchev–Trinajstić information content (AvgIpc) is 3.13. The maximum absolute atomic E-state index is 13.5. The first-order chi connectivity index (χ1) is 23.5. The SMILES string of the molecule is COC(=O)CC[C@@]1([N+](=O)[O-])[C@@H](OCc2ccccc2)O[C@H](COCc2ccccc2)[C@@H](OCc2ccccc2)[C@@H]1OCc1ccccc1. The van der Waals surface area contributed by atoms with Crippen molar-refractivity contribution in [2.75, 3.05) is 13.7 Å². The Balaban J connectivity index is 1.54. The van der Waals surface area contributed by atoms with Crippen LogP contribution in [0, 0.1) is 10.1 Å². The number of hydrogen-bond acceptors (Lipinski definition) is 9. The van der Waals surface area contributed by atoms with E-state index >= 15 is 0 Å². The second-order valence-electron chi connectivity index (χ2n) is 11.6. The minimum Gasteiger partial charge on any atom is -0.469 e. The van der Waals surface area contributed by atoms with Crippen molar-refractivity contribution < 1.29 is 38.1 Å². The molecule has 0 amide bonds. The van der Waals surface area contributed by atoms with E-state index in [9.17, 15) is 14.9 Å². The standard InChI is InChI=1S/C38H41NO9/c1-43-34(40)22-23-38(39(41)42)36(46-26-31-18-10-4-11-19-31)35(45-25-30-16-8-3-9-17-30)33(28-44-24-29-14-6-2-7-15-29)48-37(38)47-27-32-20-12-5-13-21-32/h2-21,33,35-37H,22-28H2,1H3/t33-,35-,36+,37+,38+/m1/s1. The Kier molecular flexibility index (Phi) is 12.8. The number of nitro groups is 1. The molecule has 0 aliphatic carbocycles. The molecule has 10 heteroatoms. The number of esters is 1. The van der Waals surface area contributed by atoms with E-state index in [2.05, 4.69) is 0 Å². The number of carbonyl (C=O) groups excluding carboxylic acids is 1. The fourth-order valence-electron chi connectivity index (χ4n) is 5.81. The number of methoxy groups -OCH3 is 1. The van der Waals surface area contributed by atoms with Gasteiger partial charge in [-0.1, -0.05) is 121 Å². The number of rotatable bonds is 17. The highest BCUT2D eigenvalue weighted by atomic mass is 16.7. The van der Waals surface area contributed by atoms with Gasteiger partial charge >= 0.3 is 11.5 Å². The summed E-state index contributed by atoms with van der Waals surface area (Å²) in [6, 6.07) is 37.9. The number of carbonyl (C=O) groups is 1. The second-order valence-corrected chi connectivity index (χ2v) is 11.6. The Morgan fingerprint density at radius 2 is 1.17 bits per heavy atom. The Labute approximate surface area is 280 Å². The lowest BCUT2D eigenvalue weighted by molar-refractivity contribution is -0.627. The summed E-state index contributed by atoms with van der Waals surface area (Å²) < 4.78 is 37.0. The summed E-state index contributed by atoms with van der Waals surface area (Å²) in [5, 5.41) is 13.5. The van der Waals surface area contributed by atoms with Gasteiger partial charge in [-0.2, -0.15) is 0 Å². The molecule has 10 nitrogen and oxygen atoms in total. The molecule has 1 aliphatic heterocycles. The highest BCUT2D eigenvalue weighted by Gasteiger charge is 2.67. The molecule has 4 aromatic rings. The van der Waals surface area contributed by atoms with Crippen LogP contribution in [0.4, 0.5) is 0 Å². The third-order valence-electron chi connectivity index (χ3n) is 8.36. The van der Waals surface area contributed by atoms with Crippen molar-refractivity contribution in [2.45, 2.75) is 69.4 Å². The van der Waals surface area contributed by atoms with Crippen LogP contribution in [0.2, 0.25) is 0 Å². The first-order valence-electron chi connectivity index (χ1n) is 15.9. The molecule has 0 saturated carbocycles. The van der Waals surface area contributed by atoms with Crippen LogP contribution >= 0.6 is 0 Å². The summed E-state index contributed by atoms with van der Waals surface area (Å²) >= 11 is 0. The molecule has 5 rings (SSSR count). The summed E-state index contributed by atoms with van der Waals surface area (Å²) in [5.41, 5.74) is 1.38. The minimum atomic E-state index is -2.06. The summed E-state index contributed by atoms with van der Waals surface area (Å²) in [5.74, 6) is -0.602. The monoisotopic (exact) mass is 655 g/mol. The van der Waals surface area contributed by atoms with E-state index in [-0.39, 0.29) is 39.3 Å². The van der Waals surface area contributed by atoms with Crippen LogP contribution in [0.5, 0.6) is 0 Å². The number of hydrogen-bond donors (Lipinski definition) is 0. The van der Waals surface area contributed by atoms with Crippen LogP contribution in [0.15, 0.2) is 121 Å². The Morgan fingerprint density at radius 1 is 0.708 bits per heavy atom. The van der Waals surface area contributed by atoms with Gasteiger partial charge in [-0.15, -0.1) is 0 Å². The molecule has 1 heterocycles. The third kappa shape index (κ3) is 9.12. The fraction of sp³-hybridized carbons (Fsp3) is 0.342. The van der Waals surface area contributed by atoms with Gasteiger partial charge in [-0.25, -0.2) is 0 Å². The zero-order valence-corrected chi connectivity index (χ0v) is 26.9. The highest BCUT2D eigenvalue weighted by molar-refractivity contribution is 5.69. The molecule has 1 aliphatic rings. The van der Waals surface area contributed by atoms with E-state index in [1.165, 1.54) is 7.11 Å². The van der Waals surface area contributed by atoms with Crippen LogP contribution in [0.1, 0.15) is 35.1 Å². The highest BCUT2D eigenvalue weighted by Crippen LogP contribution is 2.41. The van der Waals surface area contributed by atoms with Gasteiger partial charge in [-0.05, 0) is 22.3 Å². The lowest BCUT2D eigenvalue weighted by atomic mass is 9.79. The van der Waals surface area contributed by atoms with Gasteiger partial charge in [-0.3, -0.25) is 14.9 Å². The van der Waals surface area contributed by atoms with Gasteiger partial charge in [0.05, 0.1) is 46.6 Å². The van der Waals surface area contributed by atoms with Crippen molar-refractivity contribution >= 4 is 5.97 Å². The Bertz CT molecular complexity index is 1540. The van der Waals surface area contributed by atoms with E-state index in [0.29, 0.717) is 6.61 Å². The summed E-state index contributed by atoms with van der Waals surface area (Å²) in [6.45, 7) is 0.538. The van der Waals surface area contributed by atoms with Crippen LogP contribution in [-0.2, 0) is 59.6 Å². The zero-order chi connectivity index (χ0) is 33.6. The van der Waals surface area contributed by atoms with E-state index < -0.39 is 41.0 Å². The van der Waals surface area contributed by atoms with Gasteiger partial charge in [0.15, 0.2) is 6.10 Å². The van der Waals surface area contributed by atoms with Gasteiger partial charge in [0.2, 0.25) is 6.29 Å². The fourth-order valence-corrected chi connectivity index (χ4v) is 5.81. The first kappa shape index (κ1) is 34.9. The van der Waals surface area contributed by atoms with Crippen LogP contribution in [0.25, 0.3) is 0 Å². The van der Waals surface area contributed by atoms with Crippen LogP contribution in [-0.4, -0.2) is 54.8 Å². The number of benzene rings is 4. The lowest BCUT2D eigenvalue weighted by Gasteiger charge is -2.48. The van der Waals surface area contributed by atoms with Crippen LogP contribution in [0.3, 0.4) is 0 Å². The topological polar surface area (TPSA) is 116 Å². The summed E-state index contributed by atoms with van der Waals surface area (Å²) in [7, 11) is 1.25. The van der Waals surface area contributed by atoms with Crippen LogP contribution < -0.4 is 0 Å². The second kappa shape index (κ2) is 17.6. The van der Waals surface area contributed by atoms with Gasteiger partial charge in [0.1, 0.15) is 12.2 Å². The van der Waals surface area contributed by atoms with E-state index in [1.54, 1.807) is 0 Å². The predicted molar refractivity (Wildman–Crippen MR) is 177 cm³/mol. The van der Waals surface area contributed by atoms with Crippen molar-refractivity contribution in [1.82, 2.24) is 0 Å². The van der Waals surface area contributed by atoms with Crippen molar-refractivity contribution in [3.63, 3.8) is 0 Å². The van der Waals surface area contributed by atoms with Crippen molar-refractivity contribution in [3.8, 4) is 0 Å². The molecule has 1 saturated heterocycles. The maximum atomic E-state index is 13.5. The zero-order valence-electron chi connectivity index (χ0n) is 26.9. The molecule has 0 radical (unpaired) electrons. The van der Waals surface area contributed by atoms with Gasteiger partial charge in [0.25, 0.3) is 0 Å². The Morgan fingerprint density at radius 3 is 1.65 bits per heavy atom. The minimum absolute atomic E-state index is 0.0257. The van der Waals surface area contributed by atoms with E-state index in [1.807, 2.05) is 121 Å². The first-order valence-corrected chi connectivity index (χ1v) is 15.9. The molecular weight excluding hydrogens is 614 g/mol. The molecule has 4 aromatic carbocycles. The number of nitrogens with zero attached hydrogens (tertiary/aromatic N) is 1. The molecule has 0 bridgehead atoms. The smallest absolute Gasteiger partial charge is 0.305 e. The van der Waals surface area contributed by atoms with Gasteiger partial charge in [0, 0.05) is 11.3 Å². The van der Waals surface area contributed by atoms with Gasteiger partial charge < -0.3 is 28.4 Å². The largest absolute Gasteiger partial charge is 0.469 e. The molecule has 1 fully saturated rings. The van der Waals surface area contributed by atoms with Crippen molar-refractivity contribution in [3.05, 3.63) is 154 Å². The molecule has 0 unspecified atom stereocenters. The van der Waals surface area contributed by atoms with E-state index in [0.717, 1.165) is 22.3 Å². The molecule has 0 N–H and O–H groups in total. The molecule has 5 atom stereocenters. The average molecular weight is 656 g/mol. The molecule has 0 aromatic heterocycles. The Hall–Kier alpha value is -4.45. The molecule has 252 valence electrons. The van der Waals surface area contributed by atoms with Crippen molar-refractivity contribution in [2.24, 2.45) is 0 Å². The molecule has 48 heavy (non-hydrogen) atoms. The summed E-state index contributed by atoms with van der Waals surface area (Å²) in [4.78, 5) is 25.5. The summed E-state index contributed by atoms with van der Waals surface area (Å²) in [6.07, 6.45) is -5.01. The third-order valence-corrected chi connectivity index (χ3v) is 8.36. The predicted octanol–water partition coefficient (Wildman–Crippen LogP) is 6.28.